The van der Waals surface area contributed by atoms with Gasteiger partial charge in [-0.15, -0.1) is 0 Å². The Morgan fingerprint density at radius 2 is 1.96 bits per heavy atom. The first-order valence-corrected chi connectivity index (χ1v) is 8.65. The maximum Gasteiger partial charge on any atom is 0.338 e. The first-order valence-electron chi connectivity index (χ1n) is 8.65. The second-order valence-electron chi connectivity index (χ2n) is 6.63. The van der Waals surface area contributed by atoms with Crippen LogP contribution in [0.15, 0.2) is 24.3 Å². The molecule has 126 valence electrons. The van der Waals surface area contributed by atoms with Crippen molar-refractivity contribution in [3.8, 4) is 0 Å². The SMILES string of the molecule is CC(C)OC(=O)c1cccc(NC(=O)CCC2CCCCC2)c1. The quantitative estimate of drug-likeness (QED) is 0.783. The van der Waals surface area contributed by atoms with Gasteiger partial charge in [0.05, 0.1) is 11.7 Å². The third-order valence-corrected chi connectivity index (χ3v) is 4.23. The van der Waals surface area contributed by atoms with Crippen LogP contribution in [0.5, 0.6) is 0 Å². The Balaban J connectivity index is 1.84. The number of esters is 1. The molecule has 1 aromatic rings. The Bertz CT molecular complexity index is 533. The van der Waals surface area contributed by atoms with Gasteiger partial charge in [-0.3, -0.25) is 4.79 Å². The fourth-order valence-electron chi connectivity index (χ4n) is 3.04. The highest BCUT2D eigenvalue weighted by atomic mass is 16.5. The van der Waals surface area contributed by atoms with Gasteiger partial charge in [0.25, 0.3) is 0 Å². The molecular weight excluding hydrogens is 290 g/mol. The maximum absolute atomic E-state index is 12.1. The predicted molar refractivity (Wildman–Crippen MR) is 91.4 cm³/mol. The van der Waals surface area contributed by atoms with Crippen molar-refractivity contribution in [3.63, 3.8) is 0 Å². The Hall–Kier alpha value is -1.84. The number of carbonyl (C=O) groups is 2. The van der Waals surface area contributed by atoms with Crippen LogP contribution in [0, 0.1) is 5.92 Å². The monoisotopic (exact) mass is 317 g/mol. The molecule has 1 N–H and O–H groups in total. The summed E-state index contributed by atoms with van der Waals surface area (Å²) >= 11 is 0. The lowest BCUT2D eigenvalue weighted by molar-refractivity contribution is -0.116. The number of ether oxygens (including phenoxy) is 1. The van der Waals surface area contributed by atoms with Gasteiger partial charge in [0.2, 0.25) is 5.91 Å². The first-order chi connectivity index (χ1) is 11.0. The summed E-state index contributed by atoms with van der Waals surface area (Å²) in [4.78, 5) is 24.0. The molecule has 0 bridgehead atoms. The van der Waals surface area contributed by atoms with Crippen molar-refractivity contribution >= 4 is 17.6 Å². The summed E-state index contributed by atoms with van der Waals surface area (Å²) in [5, 5.41) is 2.88. The van der Waals surface area contributed by atoms with E-state index in [0.29, 0.717) is 23.6 Å². The molecule has 2 rings (SSSR count). The Kier molecular flexibility index (Phi) is 6.63. The summed E-state index contributed by atoms with van der Waals surface area (Å²) in [6.45, 7) is 3.63. The molecule has 4 nitrogen and oxygen atoms in total. The number of benzene rings is 1. The number of hydrogen-bond acceptors (Lipinski definition) is 3. The van der Waals surface area contributed by atoms with Crippen molar-refractivity contribution in [3.05, 3.63) is 29.8 Å². The largest absolute Gasteiger partial charge is 0.459 e. The van der Waals surface area contributed by atoms with Crippen molar-refractivity contribution in [2.24, 2.45) is 5.92 Å². The lowest BCUT2D eigenvalue weighted by atomic mass is 9.86. The molecule has 0 saturated heterocycles. The molecule has 0 spiro atoms. The van der Waals surface area contributed by atoms with E-state index in [9.17, 15) is 9.59 Å². The third-order valence-electron chi connectivity index (χ3n) is 4.23. The topological polar surface area (TPSA) is 55.4 Å². The molecule has 1 fully saturated rings. The minimum atomic E-state index is -0.363. The van der Waals surface area contributed by atoms with Gasteiger partial charge in [-0.05, 0) is 44.4 Å². The van der Waals surface area contributed by atoms with Crippen LogP contribution < -0.4 is 5.32 Å². The number of anilines is 1. The fraction of sp³-hybridized carbons (Fsp3) is 0.579. The third kappa shape index (κ3) is 6.05. The predicted octanol–water partition coefficient (Wildman–Crippen LogP) is 4.55. The lowest BCUT2D eigenvalue weighted by Gasteiger charge is -2.21. The van der Waals surface area contributed by atoms with E-state index in [1.54, 1.807) is 24.3 Å². The minimum absolute atomic E-state index is 0.0185. The number of nitrogens with one attached hydrogen (secondary N) is 1. The van der Waals surface area contributed by atoms with Crippen molar-refractivity contribution in [1.82, 2.24) is 0 Å². The summed E-state index contributed by atoms with van der Waals surface area (Å²) in [5.74, 6) is 0.352. The number of rotatable bonds is 6. The zero-order valence-electron chi connectivity index (χ0n) is 14.1. The molecule has 0 aliphatic heterocycles. The van der Waals surface area contributed by atoms with Gasteiger partial charge in [0.1, 0.15) is 0 Å². The van der Waals surface area contributed by atoms with E-state index < -0.39 is 0 Å². The molecule has 4 heteroatoms. The fourth-order valence-corrected chi connectivity index (χ4v) is 3.04. The summed E-state index contributed by atoms with van der Waals surface area (Å²) in [5.41, 5.74) is 1.11. The molecule has 1 aliphatic rings. The molecule has 1 aliphatic carbocycles. The molecule has 1 saturated carbocycles. The zero-order valence-corrected chi connectivity index (χ0v) is 14.1. The molecule has 23 heavy (non-hydrogen) atoms. The van der Waals surface area contributed by atoms with E-state index in [2.05, 4.69) is 5.32 Å². The average molecular weight is 317 g/mol. The Morgan fingerprint density at radius 3 is 2.65 bits per heavy atom. The highest BCUT2D eigenvalue weighted by Crippen LogP contribution is 2.27. The van der Waals surface area contributed by atoms with E-state index in [1.807, 2.05) is 13.8 Å². The molecule has 1 amide bonds. The minimum Gasteiger partial charge on any atom is -0.459 e. The average Bonchev–Trinajstić information content (AvgIpc) is 2.53. The summed E-state index contributed by atoms with van der Waals surface area (Å²) in [6, 6.07) is 6.92. The second-order valence-corrected chi connectivity index (χ2v) is 6.63. The normalized spacial score (nSPS) is 15.4. The highest BCUT2D eigenvalue weighted by Gasteiger charge is 2.15. The smallest absolute Gasteiger partial charge is 0.338 e. The van der Waals surface area contributed by atoms with Gasteiger partial charge >= 0.3 is 5.97 Å². The van der Waals surface area contributed by atoms with Crippen LogP contribution in [0.1, 0.15) is 69.2 Å². The van der Waals surface area contributed by atoms with Gasteiger partial charge in [-0.25, -0.2) is 4.79 Å². The number of carbonyl (C=O) groups excluding carboxylic acids is 2. The number of amides is 1. The van der Waals surface area contributed by atoms with E-state index in [-0.39, 0.29) is 18.0 Å². The van der Waals surface area contributed by atoms with E-state index in [4.69, 9.17) is 4.74 Å². The van der Waals surface area contributed by atoms with Gasteiger partial charge < -0.3 is 10.1 Å². The second kappa shape index (κ2) is 8.70. The molecule has 1 aromatic carbocycles. The van der Waals surface area contributed by atoms with Crippen molar-refractivity contribution in [2.75, 3.05) is 5.32 Å². The van der Waals surface area contributed by atoms with Crippen LogP contribution in [0.25, 0.3) is 0 Å². The Morgan fingerprint density at radius 1 is 1.22 bits per heavy atom. The Labute approximate surface area is 138 Å². The highest BCUT2D eigenvalue weighted by molar-refractivity contribution is 5.94. The molecular formula is C19H27NO3. The maximum atomic E-state index is 12.1. The summed E-state index contributed by atoms with van der Waals surface area (Å²) in [6.07, 6.45) is 7.79. The molecule has 0 atom stereocenters. The van der Waals surface area contributed by atoms with Gasteiger partial charge in [-0.2, -0.15) is 0 Å². The summed E-state index contributed by atoms with van der Waals surface area (Å²) in [7, 11) is 0. The zero-order chi connectivity index (χ0) is 16.7. The van der Waals surface area contributed by atoms with Crippen molar-refractivity contribution in [1.29, 1.82) is 0 Å². The van der Waals surface area contributed by atoms with Crippen molar-refractivity contribution in [2.45, 2.75) is 64.9 Å². The van der Waals surface area contributed by atoms with Gasteiger partial charge in [0, 0.05) is 12.1 Å². The molecule has 0 heterocycles. The van der Waals surface area contributed by atoms with Crippen LogP contribution in [0.2, 0.25) is 0 Å². The van der Waals surface area contributed by atoms with Gasteiger partial charge in [0.15, 0.2) is 0 Å². The standard InChI is InChI=1S/C19H27NO3/c1-14(2)23-19(22)16-9-6-10-17(13-16)20-18(21)12-11-15-7-4-3-5-8-15/h6,9-10,13-15H,3-5,7-8,11-12H2,1-2H3,(H,20,21). The first kappa shape index (κ1) is 17.5. The van der Waals surface area contributed by atoms with Crippen LogP contribution >= 0.6 is 0 Å². The van der Waals surface area contributed by atoms with Crippen LogP contribution in [0.3, 0.4) is 0 Å². The van der Waals surface area contributed by atoms with Crippen LogP contribution in [-0.2, 0) is 9.53 Å². The van der Waals surface area contributed by atoms with E-state index >= 15 is 0 Å². The number of hydrogen-bond donors (Lipinski definition) is 1. The molecule has 0 aromatic heterocycles. The van der Waals surface area contributed by atoms with Crippen LogP contribution in [-0.4, -0.2) is 18.0 Å². The van der Waals surface area contributed by atoms with Gasteiger partial charge in [-0.1, -0.05) is 38.2 Å². The summed E-state index contributed by atoms with van der Waals surface area (Å²) < 4.78 is 5.17. The molecule has 0 unspecified atom stereocenters. The molecule has 0 radical (unpaired) electrons. The van der Waals surface area contributed by atoms with E-state index in [0.717, 1.165) is 6.42 Å². The lowest BCUT2D eigenvalue weighted by Crippen LogP contribution is -2.16. The van der Waals surface area contributed by atoms with Crippen molar-refractivity contribution < 1.29 is 14.3 Å². The van der Waals surface area contributed by atoms with E-state index in [1.165, 1.54) is 32.1 Å². The van der Waals surface area contributed by atoms with Crippen LogP contribution in [0.4, 0.5) is 5.69 Å².